The van der Waals surface area contributed by atoms with E-state index in [1.165, 1.54) is 0 Å². The van der Waals surface area contributed by atoms with E-state index in [0.717, 1.165) is 0 Å². The fraction of sp³-hybridized carbons (Fsp3) is 1.00. The zero-order valence-corrected chi connectivity index (χ0v) is 18.9. The molecule has 1 rings (SSSR count). The summed E-state index contributed by atoms with van der Waals surface area (Å²) in [6, 6.07) is -0.348. The van der Waals surface area contributed by atoms with Gasteiger partial charge in [0.1, 0.15) is 19.6 Å². The molecule has 1 fully saturated rings. The molecule has 2 N–H and O–H groups in total. The molecule has 0 radical (unpaired) electrons. The summed E-state index contributed by atoms with van der Waals surface area (Å²) in [5.74, 6) is 0. The van der Waals surface area contributed by atoms with Gasteiger partial charge in [0.25, 0.3) is 0 Å². The van der Waals surface area contributed by atoms with Crippen molar-refractivity contribution in [1.82, 2.24) is 0 Å². The van der Waals surface area contributed by atoms with Crippen LogP contribution in [0.15, 0.2) is 0 Å². The standard InChI is InChI=1S/C16H36BO6PSi/c1-8-21-24(5,20)10-9-16(11-18)13(19)12(14(17)22-16)23-25(6,7)15(2,3)4/h12-14,18-19H,8-11,17H2,1-7H3/t12-,13?,14+,16+,24?/m0/s1. The summed E-state index contributed by atoms with van der Waals surface area (Å²) in [5, 5.41) is 20.9. The van der Waals surface area contributed by atoms with Gasteiger partial charge in [0.15, 0.2) is 15.7 Å². The van der Waals surface area contributed by atoms with Gasteiger partial charge in [-0.05, 0) is 31.5 Å². The number of rotatable bonds is 8. The number of aliphatic hydroxyl groups excluding tert-OH is 2. The average molecular weight is 394 g/mol. The van der Waals surface area contributed by atoms with E-state index < -0.39 is 33.5 Å². The third-order valence-corrected chi connectivity index (χ3v) is 11.9. The first-order chi connectivity index (χ1) is 11.2. The second kappa shape index (κ2) is 8.13. The molecule has 0 aromatic carbocycles. The molecule has 1 heterocycles. The lowest BCUT2D eigenvalue weighted by Crippen LogP contribution is -2.52. The van der Waals surface area contributed by atoms with Crippen molar-refractivity contribution in [1.29, 1.82) is 0 Å². The van der Waals surface area contributed by atoms with Gasteiger partial charge >= 0.3 is 0 Å². The molecule has 1 saturated heterocycles. The Hall–Kier alpha value is 0.312. The number of ether oxygens (including phenoxy) is 1. The van der Waals surface area contributed by atoms with E-state index >= 15 is 0 Å². The van der Waals surface area contributed by atoms with Crippen LogP contribution in [0.5, 0.6) is 0 Å². The molecule has 2 unspecified atom stereocenters. The van der Waals surface area contributed by atoms with Crippen LogP contribution in [-0.4, -0.2) is 76.2 Å². The van der Waals surface area contributed by atoms with Crippen molar-refractivity contribution in [2.75, 3.05) is 26.0 Å². The molecule has 1 aliphatic heterocycles. The van der Waals surface area contributed by atoms with Crippen LogP contribution in [0.4, 0.5) is 0 Å². The Morgan fingerprint density at radius 3 is 2.36 bits per heavy atom. The van der Waals surface area contributed by atoms with Crippen molar-refractivity contribution in [3.05, 3.63) is 0 Å². The summed E-state index contributed by atoms with van der Waals surface area (Å²) in [7, 11) is -3.02. The molecular formula is C16H36BO6PSi. The maximum Gasteiger partial charge on any atom is 0.200 e. The Kier molecular flexibility index (Phi) is 7.59. The van der Waals surface area contributed by atoms with Crippen molar-refractivity contribution >= 4 is 23.5 Å². The maximum atomic E-state index is 12.4. The van der Waals surface area contributed by atoms with Crippen LogP contribution in [0.3, 0.4) is 0 Å². The summed E-state index contributed by atoms with van der Waals surface area (Å²) in [6.07, 6.45) is -0.961. The fourth-order valence-corrected chi connectivity index (χ4v) is 5.70. The van der Waals surface area contributed by atoms with E-state index in [2.05, 4.69) is 33.9 Å². The van der Waals surface area contributed by atoms with Crippen LogP contribution in [0, 0.1) is 0 Å². The van der Waals surface area contributed by atoms with Crippen LogP contribution in [-0.2, 0) is 18.3 Å². The van der Waals surface area contributed by atoms with Crippen molar-refractivity contribution < 1.29 is 28.5 Å². The molecule has 6 nitrogen and oxygen atoms in total. The second-order valence-corrected chi connectivity index (χ2v) is 16.2. The van der Waals surface area contributed by atoms with E-state index in [0.29, 0.717) is 6.61 Å². The van der Waals surface area contributed by atoms with E-state index in [1.807, 2.05) is 7.85 Å². The predicted molar refractivity (Wildman–Crippen MR) is 106 cm³/mol. The molecule has 0 bridgehead atoms. The van der Waals surface area contributed by atoms with Crippen LogP contribution < -0.4 is 0 Å². The molecular weight excluding hydrogens is 358 g/mol. The summed E-state index contributed by atoms with van der Waals surface area (Å²) >= 11 is 0. The van der Waals surface area contributed by atoms with Gasteiger partial charge in [-0.25, -0.2) is 0 Å². The first-order valence-corrected chi connectivity index (χ1v) is 14.2. The second-order valence-electron chi connectivity index (χ2n) is 8.74. The van der Waals surface area contributed by atoms with Gasteiger partial charge in [0.05, 0.1) is 25.3 Å². The molecule has 0 aromatic rings. The number of hydrogen-bond acceptors (Lipinski definition) is 6. The molecule has 1 aliphatic rings. The van der Waals surface area contributed by atoms with Gasteiger partial charge in [-0.3, -0.25) is 4.57 Å². The smallest absolute Gasteiger partial charge is 0.200 e. The van der Waals surface area contributed by atoms with E-state index in [4.69, 9.17) is 13.7 Å². The first-order valence-electron chi connectivity index (χ1n) is 9.07. The average Bonchev–Trinajstić information content (AvgIpc) is 2.69. The van der Waals surface area contributed by atoms with Gasteiger partial charge in [-0.15, -0.1) is 0 Å². The lowest BCUT2D eigenvalue weighted by atomic mass is 9.88. The van der Waals surface area contributed by atoms with Crippen molar-refractivity contribution in [2.45, 2.75) is 76.1 Å². The molecule has 148 valence electrons. The highest BCUT2D eigenvalue weighted by Crippen LogP contribution is 2.47. The van der Waals surface area contributed by atoms with Crippen LogP contribution in [0.25, 0.3) is 0 Å². The zero-order valence-electron chi connectivity index (χ0n) is 17.0. The third kappa shape index (κ3) is 5.41. The number of aliphatic hydroxyl groups is 2. The Labute approximate surface area is 154 Å². The normalized spacial score (nSPS) is 33.4. The highest BCUT2D eigenvalue weighted by atomic mass is 31.2. The highest BCUT2D eigenvalue weighted by Gasteiger charge is 2.55. The Morgan fingerprint density at radius 1 is 1.36 bits per heavy atom. The van der Waals surface area contributed by atoms with E-state index in [1.54, 1.807) is 13.6 Å². The Balaban J connectivity index is 2.93. The highest BCUT2D eigenvalue weighted by molar-refractivity contribution is 7.58. The van der Waals surface area contributed by atoms with Crippen LogP contribution in [0.2, 0.25) is 18.1 Å². The van der Waals surface area contributed by atoms with Gasteiger partial charge in [-0.1, -0.05) is 20.8 Å². The lowest BCUT2D eigenvalue weighted by Gasteiger charge is -2.40. The number of hydrogen-bond donors (Lipinski definition) is 2. The Bertz CT molecular complexity index is 498. The van der Waals surface area contributed by atoms with Gasteiger partial charge in [0, 0.05) is 12.8 Å². The molecule has 9 heteroatoms. The van der Waals surface area contributed by atoms with Crippen molar-refractivity contribution in [3.63, 3.8) is 0 Å². The van der Waals surface area contributed by atoms with Crippen LogP contribution >= 0.6 is 7.37 Å². The van der Waals surface area contributed by atoms with Crippen LogP contribution in [0.1, 0.15) is 34.1 Å². The van der Waals surface area contributed by atoms with Gasteiger partial charge in [-0.2, -0.15) is 0 Å². The van der Waals surface area contributed by atoms with Crippen molar-refractivity contribution in [3.8, 4) is 0 Å². The molecule has 0 saturated carbocycles. The van der Waals surface area contributed by atoms with Gasteiger partial charge < -0.3 is 23.9 Å². The first kappa shape index (κ1) is 23.4. The predicted octanol–water partition coefficient (Wildman–Crippen LogP) is 1.79. The SMILES string of the molecule is B[C@@H]1O[C@@](CO)(CCP(C)(=O)OCC)C(O)[C@@H]1O[Si](C)(C)C(C)(C)C. The largest absolute Gasteiger partial charge is 0.409 e. The zero-order chi connectivity index (χ0) is 19.7. The van der Waals surface area contributed by atoms with Gasteiger partial charge in [0.2, 0.25) is 0 Å². The summed E-state index contributed by atoms with van der Waals surface area (Å²) < 4.78 is 30.1. The summed E-state index contributed by atoms with van der Waals surface area (Å²) in [5.41, 5.74) is -1.16. The molecule has 5 atom stereocenters. The molecule has 25 heavy (non-hydrogen) atoms. The maximum absolute atomic E-state index is 12.4. The van der Waals surface area contributed by atoms with Crippen molar-refractivity contribution in [2.24, 2.45) is 0 Å². The topological polar surface area (TPSA) is 85.2 Å². The quantitative estimate of drug-likeness (QED) is 0.482. The molecule has 0 amide bonds. The van der Waals surface area contributed by atoms with E-state index in [-0.39, 0.29) is 30.2 Å². The molecule has 0 spiro atoms. The molecule has 0 aromatic heterocycles. The minimum Gasteiger partial charge on any atom is -0.409 e. The lowest BCUT2D eigenvalue weighted by molar-refractivity contribution is -0.101. The minimum atomic E-state index is -2.77. The summed E-state index contributed by atoms with van der Waals surface area (Å²) in [4.78, 5) is 0. The fourth-order valence-electron chi connectivity index (χ4n) is 2.89. The third-order valence-electron chi connectivity index (χ3n) is 5.58. The summed E-state index contributed by atoms with van der Waals surface area (Å²) in [6.45, 7) is 14.1. The Morgan fingerprint density at radius 2 is 1.92 bits per heavy atom. The molecule has 0 aliphatic carbocycles. The van der Waals surface area contributed by atoms with E-state index in [9.17, 15) is 14.8 Å². The monoisotopic (exact) mass is 394 g/mol. The minimum absolute atomic E-state index is 0.00495.